The van der Waals surface area contributed by atoms with Gasteiger partial charge in [0.05, 0.1) is 5.69 Å². The van der Waals surface area contributed by atoms with E-state index in [9.17, 15) is 9.59 Å². The zero-order valence-corrected chi connectivity index (χ0v) is 17.0. The summed E-state index contributed by atoms with van der Waals surface area (Å²) in [6, 6.07) is 23.1. The van der Waals surface area contributed by atoms with E-state index in [0.29, 0.717) is 28.7 Å². The van der Waals surface area contributed by atoms with Gasteiger partial charge >= 0.3 is 6.03 Å². The van der Waals surface area contributed by atoms with Crippen LogP contribution in [-0.2, 0) is 17.8 Å². The highest BCUT2D eigenvalue weighted by molar-refractivity contribution is 6.35. The predicted octanol–water partition coefficient (Wildman–Crippen LogP) is 5.57. The van der Waals surface area contributed by atoms with Gasteiger partial charge in [-0.15, -0.1) is 0 Å². The molecule has 1 fully saturated rings. The van der Waals surface area contributed by atoms with Crippen molar-refractivity contribution in [3.8, 4) is 0 Å². The number of hydrogen-bond acceptors (Lipinski definition) is 2. The van der Waals surface area contributed by atoms with Crippen LogP contribution < -0.4 is 4.90 Å². The molecule has 1 atom stereocenters. The van der Waals surface area contributed by atoms with E-state index in [4.69, 9.17) is 23.2 Å². The average Bonchev–Trinajstić information content (AvgIpc) is 2.93. The summed E-state index contributed by atoms with van der Waals surface area (Å²) in [7, 11) is 0. The first kappa shape index (κ1) is 19.5. The standard InChI is InChI=1S/C23H18Cl2N2O2/c24-18-12-19(25)14-20(13-18)27-22(28)21(11-16-7-3-1-4-8-16)26(23(27)29)15-17-9-5-2-6-10-17/h1-10,12-14,21H,11,15H2. The summed E-state index contributed by atoms with van der Waals surface area (Å²) in [6.45, 7) is 0.341. The second-order valence-electron chi connectivity index (χ2n) is 6.90. The van der Waals surface area contributed by atoms with Crippen molar-refractivity contribution in [2.45, 2.75) is 19.0 Å². The van der Waals surface area contributed by atoms with Crippen LogP contribution in [0.5, 0.6) is 0 Å². The van der Waals surface area contributed by atoms with Gasteiger partial charge in [0, 0.05) is 23.0 Å². The van der Waals surface area contributed by atoms with Crippen LogP contribution in [0.15, 0.2) is 78.9 Å². The Labute approximate surface area is 179 Å². The normalized spacial score (nSPS) is 16.6. The van der Waals surface area contributed by atoms with Crippen LogP contribution in [0.3, 0.4) is 0 Å². The molecule has 0 aliphatic carbocycles. The third kappa shape index (κ3) is 4.14. The monoisotopic (exact) mass is 424 g/mol. The van der Waals surface area contributed by atoms with Gasteiger partial charge in [-0.05, 0) is 29.3 Å². The average molecular weight is 425 g/mol. The summed E-state index contributed by atoms with van der Waals surface area (Å²) < 4.78 is 0. The molecule has 6 heteroatoms. The Balaban J connectivity index is 1.71. The number of imide groups is 1. The summed E-state index contributed by atoms with van der Waals surface area (Å²) in [5.41, 5.74) is 2.33. The fourth-order valence-corrected chi connectivity index (χ4v) is 4.05. The number of anilines is 1. The Morgan fingerprint density at radius 1 is 0.759 bits per heavy atom. The molecule has 1 heterocycles. The van der Waals surface area contributed by atoms with Crippen molar-refractivity contribution >= 4 is 40.8 Å². The van der Waals surface area contributed by atoms with E-state index >= 15 is 0 Å². The number of rotatable bonds is 5. The summed E-state index contributed by atoms with van der Waals surface area (Å²) in [5, 5.41) is 0.739. The molecule has 1 unspecified atom stereocenters. The lowest BCUT2D eigenvalue weighted by molar-refractivity contribution is -0.119. The zero-order chi connectivity index (χ0) is 20.4. The topological polar surface area (TPSA) is 40.6 Å². The van der Waals surface area contributed by atoms with Crippen LogP contribution in [0.4, 0.5) is 10.5 Å². The first-order chi connectivity index (χ1) is 14.0. The SMILES string of the molecule is O=C1C(Cc2ccccc2)N(Cc2ccccc2)C(=O)N1c1cc(Cl)cc(Cl)c1. The molecule has 146 valence electrons. The number of carbonyl (C=O) groups excluding carboxylic acids is 2. The number of hydrogen-bond donors (Lipinski definition) is 0. The fraction of sp³-hybridized carbons (Fsp3) is 0.130. The molecule has 29 heavy (non-hydrogen) atoms. The maximum atomic E-state index is 13.3. The quantitative estimate of drug-likeness (QED) is 0.502. The van der Waals surface area contributed by atoms with E-state index in [1.54, 1.807) is 23.1 Å². The van der Waals surface area contributed by atoms with Crippen molar-refractivity contribution in [1.29, 1.82) is 0 Å². The van der Waals surface area contributed by atoms with E-state index in [-0.39, 0.29) is 11.9 Å². The summed E-state index contributed by atoms with van der Waals surface area (Å²) in [5.74, 6) is -0.284. The van der Waals surface area contributed by atoms with Crippen molar-refractivity contribution in [2.75, 3.05) is 4.90 Å². The number of halogens is 2. The smallest absolute Gasteiger partial charge is 0.307 e. The molecule has 3 amide bonds. The van der Waals surface area contributed by atoms with Crippen LogP contribution in [0.25, 0.3) is 0 Å². The van der Waals surface area contributed by atoms with Crippen LogP contribution >= 0.6 is 23.2 Å². The van der Waals surface area contributed by atoms with Gasteiger partial charge in [0.25, 0.3) is 5.91 Å². The Morgan fingerprint density at radius 2 is 1.31 bits per heavy atom. The maximum Gasteiger partial charge on any atom is 0.332 e. The number of nitrogens with zero attached hydrogens (tertiary/aromatic N) is 2. The van der Waals surface area contributed by atoms with Crippen LogP contribution in [0.2, 0.25) is 10.0 Å². The highest BCUT2D eigenvalue weighted by Crippen LogP contribution is 2.32. The molecule has 0 radical (unpaired) electrons. The van der Waals surface area contributed by atoms with Gasteiger partial charge in [0.2, 0.25) is 0 Å². The molecule has 1 aliphatic rings. The summed E-state index contributed by atoms with van der Waals surface area (Å²) >= 11 is 12.2. The highest BCUT2D eigenvalue weighted by atomic mass is 35.5. The number of amides is 3. The molecule has 0 spiro atoms. The van der Waals surface area contributed by atoms with Crippen LogP contribution in [0.1, 0.15) is 11.1 Å². The van der Waals surface area contributed by atoms with Crippen LogP contribution in [0, 0.1) is 0 Å². The summed E-state index contributed by atoms with van der Waals surface area (Å²) in [6.07, 6.45) is 0.434. The second-order valence-corrected chi connectivity index (χ2v) is 7.78. The minimum Gasteiger partial charge on any atom is -0.307 e. The van der Waals surface area contributed by atoms with Crippen LogP contribution in [-0.4, -0.2) is 22.9 Å². The number of carbonyl (C=O) groups is 2. The Bertz CT molecular complexity index is 962. The lowest BCUT2D eigenvalue weighted by Crippen LogP contribution is -2.36. The molecule has 4 rings (SSSR count). The van der Waals surface area contributed by atoms with Crippen molar-refractivity contribution in [3.05, 3.63) is 100 Å². The number of urea groups is 1. The minimum absolute atomic E-state index is 0.284. The lowest BCUT2D eigenvalue weighted by atomic mass is 10.0. The van der Waals surface area contributed by atoms with Gasteiger partial charge in [0.1, 0.15) is 6.04 Å². The molecule has 1 saturated heterocycles. The highest BCUT2D eigenvalue weighted by Gasteiger charge is 2.45. The fourth-order valence-electron chi connectivity index (χ4n) is 3.54. The first-order valence-corrected chi connectivity index (χ1v) is 9.97. The molecule has 0 bridgehead atoms. The van der Waals surface area contributed by atoms with E-state index in [1.807, 2.05) is 60.7 Å². The second kappa shape index (κ2) is 8.27. The summed E-state index contributed by atoms with van der Waals surface area (Å²) in [4.78, 5) is 29.4. The third-order valence-electron chi connectivity index (χ3n) is 4.89. The van der Waals surface area contributed by atoms with Crippen molar-refractivity contribution in [2.24, 2.45) is 0 Å². The van der Waals surface area contributed by atoms with Crippen molar-refractivity contribution < 1.29 is 9.59 Å². The maximum absolute atomic E-state index is 13.3. The molecule has 0 N–H and O–H groups in total. The molecular weight excluding hydrogens is 407 g/mol. The predicted molar refractivity (Wildman–Crippen MR) is 115 cm³/mol. The van der Waals surface area contributed by atoms with E-state index in [2.05, 4.69) is 0 Å². The zero-order valence-electron chi connectivity index (χ0n) is 15.5. The molecule has 1 aliphatic heterocycles. The van der Waals surface area contributed by atoms with Gasteiger partial charge in [-0.3, -0.25) is 4.79 Å². The van der Waals surface area contributed by atoms with Gasteiger partial charge < -0.3 is 4.90 Å². The Morgan fingerprint density at radius 3 is 1.90 bits per heavy atom. The van der Waals surface area contributed by atoms with Gasteiger partial charge in [-0.25, -0.2) is 9.69 Å². The third-order valence-corrected chi connectivity index (χ3v) is 5.33. The Hall–Kier alpha value is -2.82. The number of benzene rings is 3. The van der Waals surface area contributed by atoms with Gasteiger partial charge in [0.15, 0.2) is 0 Å². The molecule has 0 saturated carbocycles. The first-order valence-electron chi connectivity index (χ1n) is 9.21. The Kier molecular flexibility index (Phi) is 5.56. The molecule has 3 aromatic rings. The van der Waals surface area contributed by atoms with Crippen molar-refractivity contribution in [1.82, 2.24) is 4.90 Å². The van der Waals surface area contributed by atoms with Gasteiger partial charge in [-0.1, -0.05) is 83.9 Å². The molecule has 0 aromatic heterocycles. The molecular formula is C23H18Cl2N2O2. The van der Waals surface area contributed by atoms with E-state index in [1.165, 1.54) is 4.90 Å². The van der Waals surface area contributed by atoms with E-state index in [0.717, 1.165) is 11.1 Å². The lowest BCUT2D eigenvalue weighted by Gasteiger charge is -2.22. The minimum atomic E-state index is -0.608. The van der Waals surface area contributed by atoms with E-state index < -0.39 is 6.04 Å². The largest absolute Gasteiger partial charge is 0.332 e. The molecule has 4 nitrogen and oxygen atoms in total. The van der Waals surface area contributed by atoms with Gasteiger partial charge in [-0.2, -0.15) is 0 Å². The van der Waals surface area contributed by atoms with Crippen molar-refractivity contribution in [3.63, 3.8) is 0 Å². The molecule has 3 aromatic carbocycles.